The smallest absolute Gasteiger partial charge is 0.263 e. The van der Waals surface area contributed by atoms with Gasteiger partial charge >= 0.3 is 0 Å². The minimum absolute atomic E-state index is 1.16. The van der Waals surface area contributed by atoms with E-state index in [9.17, 15) is 0 Å². The van der Waals surface area contributed by atoms with Gasteiger partial charge in [0.15, 0.2) is 11.0 Å². The van der Waals surface area contributed by atoms with Crippen LogP contribution >= 0.6 is 0 Å². The summed E-state index contributed by atoms with van der Waals surface area (Å²) in [6, 6.07) is 15.1. The van der Waals surface area contributed by atoms with E-state index >= 15 is 0 Å². The third-order valence-corrected chi connectivity index (χ3v) is 5.38. The third kappa shape index (κ3) is 2.35. The molecule has 0 aliphatic heterocycles. The second-order valence-corrected chi connectivity index (χ2v) is 7.08. The lowest BCUT2D eigenvalue weighted by atomic mass is 10.1. The van der Waals surface area contributed by atoms with E-state index < -0.39 is 0 Å². The van der Waals surface area contributed by atoms with Gasteiger partial charge in [0.25, 0.3) is 5.82 Å². The van der Waals surface area contributed by atoms with Crippen molar-refractivity contribution in [2.45, 2.75) is 27.7 Å². The van der Waals surface area contributed by atoms with Gasteiger partial charge in [-0.1, -0.05) is 30.3 Å². The summed E-state index contributed by atoms with van der Waals surface area (Å²) in [6.45, 7) is 8.67. The number of aromatic nitrogens is 3. The van der Waals surface area contributed by atoms with E-state index in [2.05, 4.69) is 91.3 Å². The van der Waals surface area contributed by atoms with Crippen LogP contribution in [0, 0.1) is 27.7 Å². The lowest BCUT2D eigenvalue weighted by Gasteiger charge is -2.11. The van der Waals surface area contributed by atoms with Crippen LogP contribution in [0.1, 0.15) is 22.3 Å². The standard InChI is InChI=1S/C23H24N3/c1-15-9-8-10-16(2)22(15)26-21-12-7-6-11-20(21)25(5)23(26)19-14-24-13-17(3)18(19)4/h6-14H,1-5H3/q+1. The van der Waals surface area contributed by atoms with Gasteiger partial charge in [-0.25, -0.2) is 4.57 Å². The molecule has 3 heteroatoms. The first kappa shape index (κ1) is 16.5. The van der Waals surface area contributed by atoms with Crippen molar-refractivity contribution in [1.82, 2.24) is 9.55 Å². The van der Waals surface area contributed by atoms with Crippen LogP contribution in [0.2, 0.25) is 0 Å². The van der Waals surface area contributed by atoms with Crippen molar-refractivity contribution >= 4 is 11.0 Å². The summed E-state index contributed by atoms with van der Waals surface area (Å²) in [4.78, 5) is 4.49. The van der Waals surface area contributed by atoms with Gasteiger partial charge in [-0.3, -0.25) is 4.98 Å². The number of hydrogen-bond donors (Lipinski definition) is 0. The molecule has 0 saturated heterocycles. The Hall–Kier alpha value is -2.94. The molecule has 0 saturated carbocycles. The van der Waals surface area contributed by atoms with Crippen LogP contribution in [-0.2, 0) is 7.05 Å². The summed E-state index contributed by atoms with van der Waals surface area (Å²) < 4.78 is 4.67. The molecular weight excluding hydrogens is 318 g/mol. The molecule has 4 aromatic rings. The predicted octanol–water partition coefficient (Wildman–Crippen LogP) is 4.75. The second kappa shape index (κ2) is 6.10. The fourth-order valence-electron chi connectivity index (χ4n) is 3.86. The number of para-hydroxylation sites is 3. The number of rotatable bonds is 2. The molecule has 0 N–H and O–H groups in total. The highest BCUT2D eigenvalue weighted by Gasteiger charge is 2.29. The lowest BCUT2D eigenvalue weighted by Crippen LogP contribution is -2.30. The fraction of sp³-hybridized carbons (Fsp3) is 0.217. The van der Waals surface area contributed by atoms with Crippen molar-refractivity contribution < 1.29 is 4.57 Å². The average Bonchev–Trinajstić information content (AvgIpc) is 2.91. The number of aryl methyl sites for hydroxylation is 4. The maximum absolute atomic E-state index is 4.49. The summed E-state index contributed by atoms with van der Waals surface area (Å²) in [6.07, 6.45) is 3.92. The van der Waals surface area contributed by atoms with Gasteiger partial charge in [-0.15, -0.1) is 0 Å². The van der Waals surface area contributed by atoms with E-state index in [0.29, 0.717) is 0 Å². The molecule has 0 fully saturated rings. The minimum atomic E-state index is 1.16. The van der Waals surface area contributed by atoms with E-state index in [-0.39, 0.29) is 0 Å². The van der Waals surface area contributed by atoms with Crippen LogP contribution in [0.4, 0.5) is 0 Å². The van der Waals surface area contributed by atoms with Crippen molar-refractivity contribution in [2.24, 2.45) is 7.05 Å². The Morgan fingerprint density at radius 2 is 1.50 bits per heavy atom. The molecule has 0 radical (unpaired) electrons. The van der Waals surface area contributed by atoms with Crippen LogP contribution < -0.4 is 4.57 Å². The SMILES string of the molecule is Cc1cncc(-c2n(-c3c(C)cccc3C)c3ccccc3[n+]2C)c1C. The summed E-state index contributed by atoms with van der Waals surface area (Å²) in [5.74, 6) is 1.16. The monoisotopic (exact) mass is 342 g/mol. The van der Waals surface area contributed by atoms with Crippen molar-refractivity contribution in [3.05, 3.63) is 77.1 Å². The molecule has 0 aliphatic carbocycles. The van der Waals surface area contributed by atoms with Gasteiger partial charge in [-0.2, -0.15) is 4.57 Å². The topological polar surface area (TPSA) is 21.7 Å². The number of nitrogens with zero attached hydrogens (tertiary/aromatic N) is 3. The van der Waals surface area contributed by atoms with Crippen LogP contribution in [0.25, 0.3) is 28.1 Å². The number of pyridine rings is 1. The van der Waals surface area contributed by atoms with E-state index in [1.807, 2.05) is 12.4 Å². The van der Waals surface area contributed by atoms with Gasteiger partial charge in [0, 0.05) is 12.4 Å². The predicted molar refractivity (Wildman–Crippen MR) is 107 cm³/mol. The molecule has 130 valence electrons. The Balaban J connectivity index is 2.21. The summed E-state index contributed by atoms with van der Waals surface area (Å²) >= 11 is 0. The lowest BCUT2D eigenvalue weighted by molar-refractivity contribution is -0.633. The first-order chi connectivity index (χ1) is 12.5. The zero-order chi connectivity index (χ0) is 18.4. The first-order valence-electron chi connectivity index (χ1n) is 8.98. The highest BCUT2D eigenvalue weighted by Crippen LogP contribution is 2.32. The summed E-state index contributed by atoms with van der Waals surface area (Å²) in [5, 5.41) is 0. The second-order valence-electron chi connectivity index (χ2n) is 7.08. The molecule has 0 amide bonds. The highest BCUT2D eigenvalue weighted by molar-refractivity contribution is 5.80. The van der Waals surface area contributed by atoms with E-state index in [4.69, 9.17) is 0 Å². The molecule has 0 unspecified atom stereocenters. The number of benzene rings is 2. The minimum Gasteiger partial charge on any atom is -0.263 e. The Bertz CT molecular complexity index is 1120. The Morgan fingerprint density at radius 1 is 0.808 bits per heavy atom. The van der Waals surface area contributed by atoms with Crippen molar-refractivity contribution in [3.8, 4) is 17.1 Å². The number of imidazole rings is 1. The van der Waals surface area contributed by atoms with Crippen LogP contribution in [0.5, 0.6) is 0 Å². The molecule has 0 bridgehead atoms. The normalized spacial score (nSPS) is 11.3. The van der Waals surface area contributed by atoms with E-state index in [0.717, 1.165) is 5.82 Å². The molecule has 2 aromatic carbocycles. The van der Waals surface area contributed by atoms with Crippen LogP contribution in [0.15, 0.2) is 54.9 Å². The van der Waals surface area contributed by atoms with Gasteiger partial charge < -0.3 is 0 Å². The molecule has 2 aromatic heterocycles. The largest absolute Gasteiger partial charge is 0.296 e. The Kier molecular flexibility index (Phi) is 3.87. The molecular formula is C23H24N3+. The quantitative estimate of drug-likeness (QED) is 0.482. The first-order valence-corrected chi connectivity index (χ1v) is 8.98. The average molecular weight is 342 g/mol. The maximum atomic E-state index is 4.49. The molecule has 26 heavy (non-hydrogen) atoms. The van der Waals surface area contributed by atoms with Crippen LogP contribution in [-0.4, -0.2) is 9.55 Å². The van der Waals surface area contributed by atoms with Crippen molar-refractivity contribution in [2.75, 3.05) is 0 Å². The Labute approximate surface area is 154 Å². The molecule has 0 spiro atoms. The summed E-state index contributed by atoms with van der Waals surface area (Å²) in [7, 11) is 2.14. The highest BCUT2D eigenvalue weighted by atomic mass is 15.2. The van der Waals surface area contributed by atoms with Gasteiger partial charge in [0.1, 0.15) is 5.69 Å². The molecule has 0 aliphatic rings. The zero-order valence-corrected chi connectivity index (χ0v) is 16.0. The Morgan fingerprint density at radius 3 is 2.23 bits per heavy atom. The van der Waals surface area contributed by atoms with Gasteiger partial charge in [-0.05, 0) is 62.1 Å². The molecule has 0 atom stereocenters. The molecule has 2 heterocycles. The molecule has 4 rings (SSSR count). The maximum Gasteiger partial charge on any atom is 0.296 e. The van der Waals surface area contributed by atoms with E-state index in [1.165, 1.54) is 44.5 Å². The molecule has 3 nitrogen and oxygen atoms in total. The fourth-order valence-corrected chi connectivity index (χ4v) is 3.86. The number of fused-ring (bicyclic) bond motifs is 1. The van der Waals surface area contributed by atoms with Gasteiger partial charge in [0.2, 0.25) is 0 Å². The number of hydrogen-bond acceptors (Lipinski definition) is 1. The van der Waals surface area contributed by atoms with Crippen LogP contribution in [0.3, 0.4) is 0 Å². The summed E-state index contributed by atoms with van der Waals surface area (Å²) in [5.41, 5.74) is 9.87. The van der Waals surface area contributed by atoms with Gasteiger partial charge in [0.05, 0.1) is 12.6 Å². The van der Waals surface area contributed by atoms with Crippen molar-refractivity contribution in [3.63, 3.8) is 0 Å². The van der Waals surface area contributed by atoms with E-state index in [1.54, 1.807) is 0 Å². The zero-order valence-electron chi connectivity index (χ0n) is 16.0. The van der Waals surface area contributed by atoms with Crippen molar-refractivity contribution in [1.29, 1.82) is 0 Å². The third-order valence-electron chi connectivity index (χ3n) is 5.38.